The van der Waals surface area contributed by atoms with Gasteiger partial charge in [0, 0.05) is 26.3 Å². The molecule has 3 heteroatoms. The number of nitrogens with zero attached hydrogens (tertiary/aromatic N) is 1. The van der Waals surface area contributed by atoms with Crippen molar-refractivity contribution in [2.75, 3.05) is 26.0 Å². The van der Waals surface area contributed by atoms with Gasteiger partial charge in [-0.15, -0.1) is 12.4 Å². The van der Waals surface area contributed by atoms with Gasteiger partial charge in [0.15, 0.2) is 0 Å². The first-order valence-corrected chi connectivity index (χ1v) is 4.15. The van der Waals surface area contributed by atoms with Crippen LogP contribution in [0.25, 0.3) is 0 Å². The lowest BCUT2D eigenvalue weighted by Crippen LogP contribution is -2.09. The van der Waals surface area contributed by atoms with E-state index in [0.29, 0.717) is 0 Å². The van der Waals surface area contributed by atoms with Crippen molar-refractivity contribution in [2.24, 2.45) is 0 Å². The monoisotopic (exact) mass is 200 g/mol. The molecule has 1 N–H and O–H groups in total. The fraction of sp³-hybridized carbons (Fsp3) is 0.400. The Kier molecular flexibility index (Phi) is 5.51. The van der Waals surface area contributed by atoms with Crippen LogP contribution in [0.1, 0.15) is 5.56 Å². The lowest BCUT2D eigenvalue weighted by molar-refractivity contribution is 0.818. The molecule has 0 fully saturated rings. The summed E-state index contributed by atoms with van der Waals surface area (Å²) in [5, 5.41) is 3.12. The molecular formula is C10H17ClN2. The fourth-order valence-corrected chi connectivity index (χ4v) is 1.12. The molecule has 0 spiro atoms. The van der Waals surface area contributed by atoms with Gasteiger partial charge < -0.3 is 10.2 Å². The van der Waals surface area contributed by atoms with E-state index < -0.39 is 0 Å². The van der Waals surface area contributed by atoms with Gasteiger partial charge in [-0.2, -0.15) is 0 Å². The lowest BCUT2D eigenvalue weighted by Gasteiger charge is -2.12. The number of benzene rings is 1. The Bertz CT molecular complexity index is 231. The molecule has 0 aliphatic rings. The van der Waals surface area contributed by atoms with Crippen LogP contribution >= 0.6 is 12.4 Å². The third kappa shape index (κ3) is 3.66. The van der Waals surface area contributed by atoms with Crippen LogP contribution in [0, 0.1) is 0 Å². The maximum atomic E-state index is 3.12. The number of halogens is 1. The van der Waals surface area contributed by atoms with E-state index in [0.717, 1.165) is 6.54 Å². The molecule has 0 atom stereocenters. The molecule has 0 radical (unpaired) electrons. The van der Waals surface area contributed by atoms with Crippen LogP contribution in [0.3, 0.4) is 0 Å². The number of nitrogens with one attached hydrogen (secondary N) is 1. The van der Waals surface area contributed by atoms with Gasteiger partial charge in [0.2, 0.25) is 0 Å². The van der Waals surface area contributed by atoms with Crippen LogP contribution in [-0.2, 0) is 6.54 Å². The van der Waals surface area contributed by atoms with E-state index in [4.69, 9.17) is 0 Å². The molecule has 2 nitrogen and oxygen atoms in total. The first-order chi connectivity index (χ1) is 5.74. The highest BCUT2D eigenvalue weighted by Crippen LogP contribution is 2.11. The predicted molar refractivity (Wildman–Crippen MR) is 60.8 cm³/mol. The highest BCUT2D eigenvalue weighted by molar-refractivity contribution is 5.85. The molecule has 0 unspecified atom stereocenters. The second-order valence-electron chi connectivity index (χ2n) is 3.09. The van der Waals surface area contributed by atoms with Crippen LogP contribution in [0.15, 0.2) is 24.3 Å². The molecule has 0 heterocycles. The molecule has 0 saturated heterocycles. The molecule has 0 saturated carbocycles. The molecule has 1 aromatic rings. The molecule has 1 aromatic carbocycles. The lowest BCUT2D eigenvalue weighted by atomic mass is 10.2. The molecule has 0 amide bonds. The van der Waals surface area contributed by atoms with E-state index in [-0.39, 0.29) is 12.4 Å². The van der Waals surface area contributed by atoms with Crippen molar-refractivity contribution in [2.45, 2.75) is 6.54 Å². The van der Waals surface area contributed by atoms with Crippen molar-refractivity contribution < 1.29 is 0 Å². The van der Waals surface area contributed by atoms with Crippen molar-refractivity contribution in [1.82, 2.24) is 5.32 Å². The summed E-state index contributed by atoms with van der Waals surface area (Å²) in [6.07, 6.45) is 0. The number of hydrogen-bond acceptors (Lipinski definition) is 2. The molecule has 1 rings (SSSR count). The second kappa shape index (κ2) is 5.84. The summed E-state index contributed by atoms with van der Waals surface area (Å²) in [6, 6.07) is 8.55. The van der Waals surface area contributed by atoms with Gasteiger partial charge in [-0.25, -0.2) is 0 Å². The minimum Gasteiger partial charge on any atom is -0.378 e. The summed E-state index contributed by atoms with van der Waals surface area (Å²) in [4.78, 5) is 2.10. The first-order valence-electron chi connectivity index (χ1n) is 4.15. The SMILES string of the molecule is CNCc1ccc(N(C)C)cc1.Cl. The minimum absolute atomic E-state index is 0. The summed E-state index contributed by atoms with van der Waals surface area (Å²) in [7, 11) is 6.06. The van der Waals surface area contributed by atoms with Crippen LogP contribution in [0.2, 0.25) is 0 Å². The summed E-state index contributed by atoms with van der Waals surface area (Å²) in [5.41, 5.74) is 2.57. The summed E-state index contributed by atoms with van der Waals surface area (Å²) in [5.74, 6) is 0. The highest BCUT2D eigenvalue weighted by atomic mass is 35.5. The van der Waals surface area contributed by atoms with Crippen LogP contribution in [0.5, 0.6) is 0 Å². The third-order valence-electron chi connectivity index (χ3n) is 1.83. The zero-order chi connectivity index (χ0) is 8.97. The summed E-state index contributed by atoms with van der Waals surface area (Å²) < 4.78 is 0. The average molecular weight is 201 g/mol. The van der Waals surface area contributed by atoms with Crippen LogP contribution in [0.4, 0.5) is 5.69 Å². The van der Waals surface area contributed by atoms with Gasteiger partial charge in [-0.05, 0) is 24.7 Å². The maximum Gasteiger partial charge on any atom is 0.0361 e. The second-order valence-corrected chi connectivity index (χ2v) is 3.09. The fourth-order valence-electron chi connectivity index (χ4n) is 1.12. The van der Waals surface area contributed by atoms with Crippen molar-refractivity contribution in [3.05, 3.63) is 29.8 Å². The van der Waals surface area contributed by atoms with Crippen molar-refractivity contribution in [3.8, 4) is 0 Å². The van der Waals surface area contributed by atoms with E-state index in [1.807, 2.05) is 21.1 Å². The Balaban J connectivity index is 0.00000144. The van der Waals surface area contributed by atoms with Crippen molar-refractivity contribution in [1.29, 1.82) is 0 Å². The number of hydrogen-bond donors (Lipinski definition) is 1. The topological polar surface area (TPSA) is 15.3 Å². The maximum absolute atomic E-state index is 3.12. The molecule has 74 valence electrons. The molecule has 0 aromatic heterocycles. The van der Waals surface area contributed by atoms with Gasteiger partial charge >= 0.3 is 0 Å². The molecule has 0 aliphatic carbocycles. The Morgan fingerprint density at radius 3 is 2.08 bits per heavy atom. The predicted octanol–water partition coefficient (Wildman–Crippen LogP) is 1.89. The van der Waals surface area contributed by atoms with Gasteiger partial charge in [0.25, 0.3) is 0 Å². The zero-order valence-corrected chi connectivity index (χ0v) is 9.19. The normalized spacial score (nSPS) is 9.15. The molecule has 0 aliphatic heterocycles. The third-order valence-corrected chi connectivity index (χ3v) is 1.83. The van der Waals surface area contributed by atoms with E-state index in [1.165, 1.54) is 11.3 Å². The van der Waals surface area contributed by atoms with Crippen molar-refractivity contribution >= 4 is 18.1 Å². The molecule has 13 heavy (non-hydrogen) atoms. The average Bonchev–Trinajstić information content (AvgIpc) is 2.06. The summed E-state index contributed by atoms with van der Waals surface area (Å²) >= 11 is 0. The Morgan fingerprint density at radius 1 is 1.15 bits per heavy atom. The van der Waals surface area contributed by atoms with Gasteiger partial charge in [0.05, 0.1) is 0 Å². The number of rotatable bonds is 3. The van der Waals surface area contributed by atoms with Crippen molar-refractivity contribution in [3.63, 3.8) is 0 Å². The standard InChI is InChI=1S/C10H16N2.ClH/c1-11-8-9-4-6-10(7-5-9)12(2)3;/h4-7,11H,8H2,1-3H3;1H. The van der Waals surface area contributed by atoms with Gasteiger partial charge in [-0.3, -0.25) is 0 Å². The van der Waals surface area contributed by atoms with E-state index >= 15 is 0 Å². The highest BCUT2D eigenvalue weighted by Gasteiger charge is 1.94. The van der Waals surface area contributed by atoms with Gasteiger partial charge in [-0.1, -0.05) is 12.1 Å². The quantitative estimate of drug-likeness (QED) is 0.802. The molecule has 0 bridgehead atoms. The Labute approximate surface area is 86.4 Å². The Morgan fingerprint density at radius 2 is 1.69 bits per heavy atom. The van der Waals surface area contributed by atoms with Gasteiger partial charge in [0.1, 0.15) is 0 Å². The largest absolute Gasteiger partial charge is 0.378 e. The van der Waals surface area contributed by atoms with E-state index in [2.05, 4.69) is 34.5 Å². The molecular weight excluding hydrogens is 184 g/mol. The van der Waals surface area contributed by atoms with E-state index in [9.17, 15) is 0 Å². The summed E-state index contributed by atoms with van der Waals surface area (Å²) in [6.45, 7) is 0.938. The smallest absolute Gasteiger partial charge is 0.0361 e. The van der Waals surface area contributed by atoms with Crippen LogP contribution in [-0.4, -0.2) is 21.1 Å². The Hall–Kier alpha value is -0.730. The van der Waals surface area contributed by atoms with Crippen LogP contribution < -0.4 is 10.2 Å². The minimum atomic E-state index is 0. The number of anilines is 1. The zero-order valence-electron chi connectivity index (χ0n) is 8.37. The van der Waals surface area contributed by atoms with E-state index in [1.54, 1.807) is 0 Å². The first kappa shape index (κ1) is 12.3.